The molecular weight excluding hydrogens is 290 g/mol. The number of aromatic amines is 1. The normalized spacial score (nSPS) is 12.0. The van der Waals surface area contributed by atoms with Crippen LogP contribution in [0.1, 0.15) is 21.6 Å². The van der Waals surface area contributed by atoms with Crippen LogP contribution in [-0.2, 0) is 6.61 Å². The van der Waals surface area contributed by atoms with Crippen LogP contribution in [0.3, 0.4) is 0 Å². The van der Waals surface area contributed by atoms with Crippen LogP contribution in [-0.4, -0.2) is 16.1 Å². The monoisotopic (exact) mass is 305 g/mol. The standard InChI is InChI=1S/C18H15N3O2/c1-11-5-4-6-12(9-11)19-18(22)17-14-10-23-15-8-3-2-7-13(15)16(14)20-21-17/h2-9H,10H2,1H3,(H,19,22)(H,20,21). The van der Waals surface area contributed by atoms with Gasteiger partial charge in [0.15, 0.2) is 0 Å². The van der Waals surface area contributed by atoms with E-state index in [9.17, 15) is 4.79 Å². The van der Waals surface area contributed by atoms with Crippen molar-refractivity contribution in [2.75, 3.05) is 5.32 Å². The number of fused-ring (bicyclic) bond motifs is 3. The van der Waals surface area contributed by atoms with Crippen molar-refractivity contribution in [1.82, 2.24) is 10.2 Å². The fourth-order valence-corrected chi connectivity index (χ4v) is 2.77. The molecule has 0 radical (unpaired) electrons. The molecule has 5 heteroatoms. The number of ether oxygens (including phenoxy) is 1. The number of benzene rings is 2. The van der Waals surface area contributed by atoms with Gasteiger partial charge >= 0.3 is 0 Å². The lowest BCUT2D eigenvalue weighted by Crippen LogP contribution is -2.16. The van der Waals surface area contributed by atoms with E-state index < -0.39 is 0 Å². The van der Waals surface area contributed by atoms with Crippen molar-refractivity contribution in [2.24, 2.45) is 0 Å². The number of H-pyrrole nitrogens is 1. The Labute approximate surface area is 133 Å². The number of hydrogen-bond acceptors (Lipinski definition) is 3. The summed E-state index contributed by atoms with van der Waals surface area (Å²) in [6, 6.07) is 15.4. The highest BCUT2D eigenvalue weighted by atomic mass is 16.5. The molecule has 0 spiro atoms. The zero-order valence-electron chi connectivity index (χ0n) is 12.6. The Morgan fingerprint density at radius 1 is 1.22 bits per heavy atom. The average molecular weight is 305 g/mol. The fraction of sp³-hybridized carbons (Fsp3) is 0.111. The number of aryl methyl sites for hydroxylation is 1. The smallest absolute Gasteiger partial charge is 0.274 e. The zero-order chi connectivity index (χ0) is 15.8. The third-order valence-corrected chi connectivity index (χ3v) is 3.88. The van der Waals surface area contributed by atoms with Gasteiger partial charge in [0.1, 0.15) is 23.7 Å². The molecule has 0 unspecified atom stereocenters. The number of rotatable bonds is 2. The molecule has 3 aromatic rings. The minimum absolute atomic E-state index is 0.215. The minimum Gasteiger partial charge on any atom is -0.488 e. The molecule has 4 rings (SSSR count). The summed E-state index contributed by atoms with van der Waals surface area (Å²) in [5, 5.41) is 10.1. The fourth-order valence-electron chi connectivity index (χ4n) is 2.77. The number of anilines is 1. The Hall–Kier alpha value is -3.08. The summed E-state index contributed by atoms with van der Waals surface area (Å²) in [5.41, 5.74) is 4.76. The largest absolute Gasteiger partial charge is 0.488 e. The number of nitrogens with one attached hydrogen (secondary N) is 2. The van der Waals surface area contributed by atoms with Crippen LogP contribution in [0.5, 0.6) is 5.75 Å². The molecule has 0 bridgehead atoms. The third-order valence-electron chi connectivity index (χ3n) is 3.88. The molecule has 0 saturated carbocycles. The van der Waals surface area contributed by atoms with E-state index >= 15 is 0 Å². The van der Waals surface area contributed by atoms with E-state index in [0.717, 1.165) is 33.8 Å². The number of carbonyl (C=O) groups excluding carboxylic acids is 1. The van der Waals surface area contributed by atoms with Crippen LogP contribution >= 0.6 is 0 Å². The predicted octanol–water partition coefficient (Wildman–Crippen LogP) is 3.53. The Balaban J connectivity index is 1.67. The first-order valence-corrected chi connectivity index (χ1v) is 7.40. The van der Waals surface area contributed by atoms with E-state index in [-0.39, 0.29) is 5.91 Å². The summed E-state index contributed by atoms with van der Waals surface area (Å²) in [5.74, 6) is 0.574. The van der Waals surface area contributed by atoms with Crippen molar-refractivity contribution in [3.8, 4) is 17.0 Å². The van der Waals surface area contributed by atoms with Crippen LogP contribution in [0.15, 0.2) is 48.5 Å². The topological polar surface area (TPSA) is 67.0 Å². The van der Waals surface area contributed by atoms with Crippen molar-refractivity contribution >= 4 is 11.6 Å². The first-order valence-electron chi connectivity index (χ1n) is 7.40. The second-order valence-electron chi connectivity index (χ2n) is 5.53. The maximum absolute atomic E-state index is 12.5. The predicted molar refractivity (Wildman–Crippen MR) is 87.5 cm³/mol. The number of aromatic nitrogens is 2. The summed E-state index contributed by atoms with van der Waals surface area (Å²) in [6.07, 6.45) is 0. The van der Waals surface area contributed by atoms with Crippen molar-refractivity contribution in [3.05, 3.63) is 65.4 Å². The van der Waals surface area contributed by atoms with E-state index in [1.54, 1.807) is 0 Å². The van der Waals surface area contributed by atoms with Gasteiger partial charge in [0.05, 0.1) is 0 Å². The molecule has 0 atom stereocenters. The first-order chi connectivity index (χ1) is 11.2. The lowest BCUT2D eigenvalue weighted by molar-refractivity contribution is 0.102. The van der Waals surface area contributed by atoms with Crippen LogP contribution in [0.25, 0.3) is 11.3 Å². The summed E-state index contributed by atoms with van der Waals surface area (Å²) in [7, 11) is 0. The van der Waals surface area contributed by atoms with Crippen molar-refractivity contribution in [3.63, 3.8) is 0 Å². The highest BCUT2D eigenvalue weighted by Crippen LogP contribution is 2.37. The number of para-hydroxylation sites is 1. The Morgan fingerprint density at radius 2 is 2.09 bits per heavy atom. The summed E-state index contributed by atoms with van der Waals surface area (Å²) in [6.45, 7) is 2.32. The van der Waals surface area contributed by atoms with E-state index in [1.165, 1.54) is 0 Å². The molecule has 2 N–H and O–H groups in total. The van der Waals surface area contributed by atoms with Gasteiger partial charge in [0.25, 0.3) is 5.91 Å². The molecule has 23 heavy (non-hydrogen) atoms. The van der Waals surface area contributed by atoms with Gasteiger partial charge < -0.3 is 10.1 Å². The third kappa shape index (κ3) is 2.36. The molecule has 1 aliphatic rings. The summed E-state index contributed by atoms with van der Waals surface area (Å²) < 4.78 is 5.73. The van der Waals surface area contributed by atoms with Gasteiger partial charge in [0, 0.05) is 16.8 Å². The first kappa shape index (κ1) is 13.6. The van der Waals surface area contributed by atoms with Gasteiger partial charge in [0.2, 0.25) is 0 Å². The molecule has 114 valence electrons. The second-order valence-corrected chi connectivity index (χ2v) is 5.53. The molecule has 0 saturated heterocycles. The SMILES string of the molecule is Cc1cccc(NC(=O)c2[nH]nc3c2COc2ccccc2-3)c1. The van der Waals surface area contributed by atoms with Crippen LogP contribution in [0, 0.1) is 6.92 Å². The molecule has 1 aromatic heterocycles. The van der Waals surface area contributed by atoms with Crippen molar-refractivity contribution in [1.29, 1.82) is 0 Å². The quantitative estimate of drug-likeness (QED) is 0.761. The second kappa shape index (κ2) is 5.28. The highest BCUT2D eigenvalue weighted by molar-refractivity contribution is 6.05. The van der Waals surface area contributed by atoms with Gasteiger partial charge in [-0.3, -0.25) is 9.89 Å². The molecule has 5 nitrogen and oxygen atoms in total. The van der Waals surface area contributed by atoms with Gasteiger partial charge in [-0.05, 0) is 36.8 Å². The van der Waals surface area contributed by atoms with Crippen molar-refractivity contribution in [2.45, 2.75) is 13.5 Å². The van der Waals surface area contributed by atoms with Gasteiger partial charge in [-0.25, -0.2) is 0 Å². The van der Waals surface area contributed by atoms with Crippen LogP contribution in [0.2, 0.25) is 0 Å². The molecule has 0 fully saturated rings. The minimum atomic E-state index is -0.215. The summed E-state index contributed by atoms with van der Waals surface area (Å²) >= 11 is 0. The van der Waals surface area contributed by atoms with Gasteiger partial charge in [-0.15, -0.1) is 0 Å². The molecule has 0 aliphatic carbocycles. The molecular formula is C18H15N3O2. The molecule has 1 amide bonds. The zero-order valence-corrected chi connectivity index (χ0v) is 12.6. The molecule has 1 aliphatic heterocycles. The van der Waals surface area contributed by atoms with E-state index in [2.05, 4.69) is 15.5 Å². The Kier molecular flexibility index (Phi) is 3.12. The Morgan fingerprint density at radius 3 is 2.96 bits per heavy atom. The van der Waals surface area contributed by atoms with E-state index in [4.69, 9.17) is 4.74 Å². The number of amides is 1. The van der Waals surface area contributed by atoms with Crippen molar-refractivity contribution < 1.29 is 9.53 Å². The average Bonchev–Trinajstić information content (AvgIpc) is 2.99. The lowest BCUT2D eigenvalue weighted by Gasteiger charge is -2.17. The number of hydrogen-bond donors (Lipinski definition) is 2. The van der Waals surface area contributed by atoms with Crippen LogP contribution < -0.4 is 10.1 Å². The van der Waals surface area contributed by atoms with Crippen LogP contribution in [0.4, 0.5) is 5.69 Å². The van der Waals surface area contributed by atoms with E-state index in [1.807, 2.05) is 55.5 Å². The maximum atomic E-state index is 12.5. The van der Waals surface area contributed by atoms with Gasteiger partial charge in [-0.1, -0.05) is 24.3 Å². The number of nitrogens with zero attached hydrogens (tertiary/aromatic N) is 1. The lowest BCUT2D eigenvalue weighted by atomic mass is 10.0. The summed E-state index contributed by atoms with van der Waals surface area (Å²) in [4.78, 5) is 12.5. The molecule has 2 aromatic carbocycles. The van der Waals surface area contributed by atoms with E-state index in [0.29, 0.717) is 12.3 Å². The number of carbonyl (C=O) groups is 1. The maximum Gasteiger partial charge on any atom is 0.274 e. The van der Waals surface area contributed by atoms with Gasteiger partial charge in [-0.2, -0.15) is 5.10 Å². The highest BCUT2D eigenvalue weighted by Gasteiger charge is 2.26. The Bertz CT molecular complexity index is 899. The molecule has 2 heterocycles.